The van der Waals surface area contributed by atoms with Gasteiger partial charge in [-0.1, -0.05) is 42.5 Å². The van der Waals surface area contributed by atoms with Gasteiger partial charge in [-0.05, 0) is 51.3 Å². The van der Waals surface area contributed by atoms with E-state index in [1.54, 1.807) is 12.1 Å². The van der Waals surface area contributed by atoms with Crippen molar-refractivity contribution in [1.82, 2.24) is 0 Å². The molecule has 0 aliphatic heterocycles. The van der Waals surface area contributed by atoms with E-state index in [1.165, 1.54) is 31.4 Å². The highest BCUT2D eigenvalue weighted by atomic mass is 79.9. The maximum Gasteiger partial charge on any atom is 0.337 e. The van der Waals surface area contributed by atoms with Crippen LogP contribution in [0.2, 0.25) is 0 Å². The van der Waals surface area contributed by atoms with Crippen molar-refractivity contribution in [3.8, 4) is 5.75 Å². The molecule has 0 aliphatic rings. The van der Waals surface area contributed by atoms with Crippen molar-refractivity contribution < 1.29 is 23.1 Å². The molecule has 0 aliphatic carbocycles. The summed E-state index contributed by atoms with van der Waals surface area (Å²) < 4.78 is 34.6. The largest absolute Gasteiger partial charge is 0.496 e. The number of anilines is 1. The molecule has 0 unspecified atom stereocenters. The van der Waals surface area contributed by atoms with Crippen LogP contribution in [0.15, 0.2) is 76.1 Å². The number of para-hydroxylation sites is 1. The normalized spacial score (nSPS) is 11.1. The summed E-state index contributed by atoms with van der Waals surface area (Å²) in [7, 11) is -2.56. The zero-order valence-electron chi connectivity index (χ0n) is 15.4. The fourth-order valence-corrected chi connectivity index (χ4v) is 5.02. The lowest BCUT2D eigenvalue weighted by atomic mass is 10.0. The molecule has 150 valence electrons. The molecular weight excluding hydrogens is 458 g/mol. The van der Waals surface area contributed by atoms with E-state index in [9.17, 15) is 18.3 Å². The number of sulfonamides is 1. The first-order valence-corrected chi connectivity index (χ1v) is 10.9. The molecule has 3 aromatic carbocycles. The quantitative estimate of drug-likeness (QED) is 0.522. The molecule has 0 radical (unpaired) electrons. The number of hydrogen-bond donors (Lipinski definition) is 2. The molecule has 0 amide bonds. The second-order valence-electron chi connectivity index (χ2n) is 6.18. The van der Waals surface area contributed by atoms with Crippen LogP contribution in [0.25, 0.3) is 0 Å². The fourth-order valence-electron chi connectivity index (χ4n) is 2.91. The Kier molecular flexibility index (Phi) is 6.24. The lowest BCUT2D eigenvalue weighted by Gasteiger charge is -2.17. The van der Waals surface area contributed by atoms with Crippen molar-refractivity contribution in [2.75, 3.05) is 11.8 Å². The second kappa shape index (κ2) is 8.67. The van der Waals surface area contributed by atoms with E-state index in [2.05, 4.69) is 20.7 Å². The monoisotopic (exact) mass is 475 g/mol. The van der Waals surface area contributed by atoms with Gasteiger partial charge in [-0.2, -0.15) is 0 Å². The van der Waals surface area contributed by atoms with Gasteiger partial charge in [-0.25, -0.2) is 13.2 Å². The average molecular weight is 476 g/mol. The summed E-state index contributed by atoms with van der Waals surface area (Å²) in [6.07, 6.45) is 0.343. The van der Waals surface area contributed by atoms with Gasteiger partial charge in [0, 0.05) is 6.42 Å². The highest BCUT2D eigenvalue weighted by Gasteiger charge is 2.24. The van der Waals surface area contributed by atoms with Crippen molar-refractivity contribution in [2.24, 2.45) is 0 Å². The molecule has 2 N–H and O–H groups in total. The predicted octanol–water partition coefficient (Wildman–Crippen LogP) is 4.55. The molecule has 0 atom stereocenters. The molecule has 29 heavy (non-hydrogen) atoms. The van der Waals surface area contributed by atoms with Gasteiger partial charge in [0.2, 0.25) is 0 Å². The number of rotatable bonds is 7. The third-order valence-electron chi connectivity index (χ3n) is 4.30. The molecule has 6 nitrogen and oxygen atoms in total. The van der Waals surface area contributed by atoms with Crippen LogP contribution < -0.4 is 9.46 Å². The second-order valence-corrected chi connectivity index (χ2v) is 8.62. The summed E-state index contributed by atoms with van der Waals surface area (Å²) in [6.45, 7) is 0. The van der Waals surface area contributed by atoms with Gasteiger partial charge in [-0.15, -0.1) is 0 Å². The van der Waals surface area contributed by atoms with Crippen LogP contribution in [-0.4, -0.2) is 26.6 Å². The van der Waals surface area contributed by atoms with Gasteiger partial charge >= 0.3 is 5.97 Å². The highest BCUT2D eigenvalue weighted by molar-refractivity contribution is 9.10. The Morgan fingerprint density at radius 1 is 1.03 bits per heavy atom. The van der Waals surface area contributed by atoms with Crippen molar-refractivity contribution in [1.29, 1.82) is 0 Å². The Balaban J connectivity index is 2.09. The van der Waals surface area contributed by atoms with Gasteiger partial charge in [0.15, 0.2) is 0 Å². The van der Waals surface area contributed by atoms with Crippen LogP contribution in [0.3, 0.4) is 0 Å². The van der Waals surface area contributed by atoms with Crippen molar-refractivity contribution in [3.63, 3.8) is 0 Å². The highest BCUT2D eigenvalue weighted by Crippen LogP contribution is 2.35. The minimum atomic E-state index is -4.07. The SMILES string of the molecule is COc1ccc(S(=O)(=O)Nc2ccccc2C(=O)O)c(Cc2ccccc2)c1Br. The number of halogens is 1. The topological polar surface area (TPSA) is 92.7 Å². The van der Waals surface area contributed by atoms with Gasteiger partial charge in [-0.3, -0.25) is 4.72 Å². The Labute approximate surface area is 177 Å². The number of benzene rings is 3. The number of ether oxygens (including phenoxy) is 1. The summed E-state index contributed by atoms with van der Waals surface area (Å²) in [5.41, 5.74) is 1.30. The molecule has 8 heteroatoms. The number of aromatic carboxylic acids is 1. The summed E-state index contributed by atoms with van der Waals surface area (Å²) in [5, 5.41) is 9.34. The van der Waals surface area contributed by atoms with E-state index in [-0.39, 0.29) is 16.1 Å². The number of carboxylic acids is 1. The minimum absolute atomic E-state index is 0.00222. The zero-order chi connectivity index (χ0) is 21.0. The molecule has 0 heterocycles. The van der Waals surface area contributed by atoms with Crippen LogP contribution in [0, 0.1) is 0 Å². The van der Waals surface area contributed by atoms with Crippen molar-refractivity contribution in [3.05, 3.63) is 87.9 Å². The van der Waals surface area contributed by atoms with Gasteiger partial charge in [0.25, 0.3) is 10.0 Å². The van der Waals surface area contributed by atoms with E-state index >= 15 is 0 Å². The van der Waals surface area contributed by atoms with Crippen LogP contribution in [0.1, 0.15) is 21.5 Å². The first-order chi connectivity index (χ1) is 13.8. The molecule has 0 aromatic heterocycles. The smallest absolute Gasteiger partial charge is 0.337 e. The Morgan fingerprint density at radius 3 is 2.34 bits per heavy atom. The number of nitrogens with one attached hydrogen (secondary N) is 1. The molecule has 3 rings (SSSR count). The van der Waals surface area contributed by atoms with Crippen molar-refractivity contribution in [2.45, 2.75) is 11.3 Å². The summed E-state index contributed by atoms with van der Waals surface area (Å²) in [6, 6.07) is 18.3. The van der Waals surface area contributed by atoms with Gasteiger partial charge in [0.1, 0.15) is 5.75 Å². The third kappa shape index (κ3) is 4.60. The maximum atomic E-state index is 13.2. The summed E-state index contributed by atoms with van der Waals surface area (Å²) >= 11 is 3.45. The zero-order valence-corrected chi connectivity index (χ0v) is 17.8. The molecule has 3 aromatic rings. The first-order valence-electron chi connectivity index (χ1n) is 8.58. The Bertz CT molecular complexity index is 1150. The predicted molar refractivity (Wildman–Crippen MR) is 114 cm³/mol. The van der Waals surface area contributed by atoms with Crippen molar-refractivity contribution >= 4 is 37.6 Å². The lowest BCUT2D eigenvalue weighted by molar-refractivity contribution is 0.0698. The van der Waals surface area contributed by atoms with E-state index in [4.69, 9.17) is 4.74 Å². The molecule has 0 fully saturated rings. The molecule has 0 spiro atoms. The van der Waals surface area contributed by atoms with E-state index in [0.717, 1.165) is 5.56 Å². The Hall–Kier alpha value is -2.84. The molecule has 0 saturated carbocycles. The lowest BCUT2D eigenvalue weighted by Crippen LogP contribution is -2.17. The van der Waals surface area contributed by atoms with Gasteiger partial charge < -0.3 is 9.84 Å². The fraction of sp³-hybridized carbons (Fsp3) is 0.0952. The van der Waals surface area contributed by atoms with Crippen LogP contribution in [0.5, 0.6) is 5.75 Å². The van der Waals surface area contributed by atoms with Crippen LogP contribution >= 0.6 is 15.9 Å². The van der Waals surface area contributed by atoms with E-state index in [1.807, 2.05) is 30.3 Å². The molecule has 0 bridgehead atoms. The minimum Gasteiger partial charge on any atom is -0.496 e. The van der Waals surface area contributed by atoms with E-state index < -0.39 is 16.0 Å². The van der Waals surface area contributed by atoms with E-state index in [0.29, 0.717) is 22.2 Å². The number of hydrogen-bond acceptors (Lipinski definition) is 4. The number of carboxylic acid groups (broad SMARTS) is 1. The van der Waals surface area contributed by atoms with Crippen LogP contribution in [-0.2, 0) is 16.4 Å². The molecule has 0 saturated heterocycles. The maximum absolute atomic E-state index is 13.2. The average Bonchev–Trinajstić information content (AvgIpc) is 2.70. The van der Waals surface area contributed by atoms with Crippen LogP contribution in [0.4, 0.5) is 5.69 Å². The van der Waals surface area contributed by atoms with Gasteiger partial charge in [0.05, 0.1) is 27.7 Å². The third-order valence-corrected chi connectivity index (χ3v) is 6.62. The Morgan fingerprint density at radius 2 is 1.69 bits per heavy atom. The summed E-state index contributed by atoms with van der Waals surface area (Å²) in [5.74, 6) is -0.718. The number of carbonyl (C=O) groups is 1. The number of methoxy groups -OCH3 is 1. The summed E-state index contributed by atoms with van der Waals surface area (Å²) in [4.78, 5) is 11.5. The molecular formula is C21H18BrNO5S. The first kappa shape index (κ1) is 20.9. The standard InChI is InChI=1S/C21H18BrNO5S/c1-28-18-11-12-19(16(20(18)22)13-14-7-3-2-4-8-14)29(26,27)23-17-10-6-5-9-15(17)21(24)25/h2-12,23H,13H2,1H3,(H,24,25).